The summed E-state index contributed by atoms with van der Waals surface area (Å²) >= 11 is 4.81. The van der Waals surface area contributed by atoms with Crippen molar-refractivity contribution in [2.75, 3.05) is 7.11 Å². The minimum Gasteiger partial charge on any atom is -0.388 e. The highest BCUT2D eigenvalue weighted by Crippen LogP contribution is 2.25. The summed E-state index contributed by atoms with van der Waals surface area (Å²) in [4.78, 5) is 3.90. The molecule has 0 unspecified atom stereocenters. The lowest BCUT2D eigenvalue weighted by Crippen LogP contribution is -2.47. The van der Waals surface area contributed by atoms with E-state index in [0.717, 1.165) is 0 Å². The van der Waals surface area contributed by atoms with Crippen molar-refractivity contribution < 1.29 is 13.2 Å². The van der Waals surface area contributed by atoms with Gasteiger partial charge in [0.15, 0.2) is 0 Å². The second-order valence-electron chi connectivity index (χ2n) is 4.36. The van der Waals surface area contributed by atoms with Gasteiger partial charge in [-0.25, -0.2) is 13.1 Å². The van der Waals surface area contributed by atoms with Crippen molar-refractivity contribution in [3.05, 3.63) is 24.0 Å². The zero-order chi connectivity index (χ0) is 14.0. The van der Waals surface area contributed by atoms with Gasteiger partial charge in [-0.1, -0.05) is 12.2 Å². The highest BCUT2D eigenvalue weighted by atomic mass is 32.2. The fourth-order valence-electron chi connectivity index (χ4n) is 1.93. The molecular weight excluding hydrogens is 286 g/mol. The van der Waals surface area contributed by atoms with Crippen LogP contribution in [0, 0.1) is 0 Å². The molecule has 0 bridgehead atoms. The maximum absolute atomic E-state index is 12.2. The molecule has 2 rings (SSSR count). The second-order valence-corrected chi connectivity index (χ2v) is 6.48. The van der Waals surface area contributed by atoms with Gasteiger partial charge in [0, 0.05) is 19.3 Å². The van der Waals surface area contributed by atoms with Crippen molar-refractivity contribution in [2.45, 2.75) is 29.9 Å². The van der Waals surface area contributed by atoms with E-state index < -0.39 is 10.0 Å². The number of hydrogen-bond donors (Lipinski definition) is 2. The lowest BCUT2D eigenvalue weighted by atomic mass is 9.90. The Morgan fingerprint density at radius 3 is 2.84 bits per heavy atom. The van der Waals surface area contributed by atoms with Crippen LogP contribution in [0.4, 0.5) is 0 Å². The lowest BCUT2D eigenvalue weighted by molar-refractivity contribution is 0.0236. The molecule has 0 aromatic carbocycles. The van der Waals surface area contributed by atoms with Crippen LogP contribution in [0.1, 0.15) is 18.5 Å². The van der Waals surface area contributed by atoms with Gasteiger partial charge in [0.25, 0.3) is 0 Å². The van der Waals surface area contributed by atoms with Crippen LogP contribution in [0.2, 0.25) is 0 Å². The molecule has 1 aliphatic carbocycles. The predicted molar refractivity (Wildman–Crippen MR) is 74.3 cm³/mol. The normalized spacial score (nSPS) is 22.8. The Hall–Kier alpha value is -1.09. The zero-order valence-electron chi connectivity index (χ0n) is 10.4. The molecule has 0 saturated heterocycles. The molecule has 3 N–H and O–H groups in total. The van der Waals surface area contributed by atoms with E-state index in [-0.39, 0.29) is 27.7 Å². The molecular formula is C11H15N3O3S2. The van der Waals surface area contributed by atoms with Gasteiger partial charge in [0.1, 0.15) is 15.6 Å². The Bertz CT molecular complexity index is 583. The minimum absolute atomic E-state index is 0.0170. The van der Waals surface area contributed by atoms with Gasteiger partial charge in [0.05, 0.1) is 6.10 Å². The van der Waals surface area contributed by atoms with Gasteiger partial charge in [-0.3, -0.25) is 4.98 Å². The Morgan fingerprint density at radius 2 is 2.26 bits per heavy atom. The topological polar surface area (TPSA) is 94.3 Å². The molecule has 104 valence electrons. The van der Waals surface area contributed by atoms with Crippen molar-refractivity contribution in [3.8, 4) is 0 Å². The monoisotopic (exact) mass is 301 g/mol. The number of nitrogens with two attached hydrogens (primary N) is 1. The number of thiocarbonyl (C=S) groups is 1. The first-order valence-corrected chi connectivity index (χ1v) is 7.63. The van der Waals surface area contributed by atoms with Crippen LogP contribution in [0.15, 0.2) is 23.2 Å². The summed E-state index contributed by atoms with van der Waals surface area (Å²) < 4.78 is 32.2. The second kappa shape index (κ2) is 5.49. The summed E-state index contributed by atoms with van der Waals surface area (Å²) in [5.74, 6) is 0. The maximum Gasteiger partial charge on any atom is 0.243 e. The average molecular weight is 301 g/mol. The summed E-state index contributed by atoms with van der Waals surface area (Å²) in [5, 5.41) is 0. The minimum atomic E-state index is -3.66. The highest BCUT2D eigenvalue weighted by Gasteiger charge is 2.33. The summed E-state index contributed by atoms with van der Waals surface area (Å²) in [6.45, 7) is 0. The van der Waals surface area contributed by atoms with E-state index in [1.807, 2.05) is 0 Å². The molecule has 0 aliphatic heterocycles. The molecule has 1 aliphatic rings. The lowest BCUT2D eigenvalue weighted by Gasteiger charge is -2.34. The number of aromatic nitrogens is 1. The maximum atomic E-state index is 12.2. The highest BCUT2D eigenvalue weighted by molar-refractivity contribution is 7.89. The quantitative estimate of drug-likeness (QED) is 0.753. The predicted octanol–water partition coefficient (Wildman–Crippen LogP) is 0.172. The Balaban J connectivity index is 2.19. The fourth-order valence-corrected chi connectivity index (χ4v) is 3.59. The summed E-state index contributed by atoms with van der Waals surface area (Å²) in [7, 11) is -2.05. The largest absolute Gasteiger partial charge is 0.388 e. The Labute approximate surface area is 117 Å². The number of ether oxygens (including phenoxy) is 1. The van der Waals surface area contributed by atoms with Gasteiger partial charge >= 0.3 is 0 Å². The summed E-state index contributed by atoms with van der Waals surface area (Å²) in [6.07, 6.45) is 2.91. The molecule has 0 radical (unpaired) electrons. The number of hydrogen-bond acceptors (Lipinski definition) is 5. The molecule has 1 saturated carbocycles. The Kier molecular flexibility index (Phi) is 4.14. The van der Waals surface area contributed by atoms with Gasteiger partial charge in [-0.2, -0.15) is 0 Å². The third-order valence-corrected chi connectivity index (χ3v) is 4.79. The molecule has 1 heterocycles. The van der Waals surface area contributed by atoms with E-state index in [2.05, 4.69) is 9.71 Å². The summed E-state index contributed by atoms with van der Waals surface area (Å²) in [5.41, 5.74) is 5.61. The van der Waals surface area contributed by atoms with Crippen LogP contribution in [0.3, 0.4) is 0 Å². The molecule has 1 aromatic heterocycles. The fraction of sp³-hybridized carbons (Fsp3) is 0.455. The number of nitrogens with zero attached hydrogens (tertiary/aromatic N) is 1. The smallest absolute Gasteiger partial charge is 0.243 e. The molecule has 19 heavy (non-hydrogen) atoms. The number of nitrogens with one attached hydrogen (secondary N) is 1. The number of methoxy groups -OCH3 is 1. The average Bonchev–Trinajstić information content (AvgIpc) is 2.33. The van der Waals surface area contributed by atoms with Gasteiger partial charge in [0.2, 0.25) is 10.0 Å². The van der Waals surface area contributed by atoms with Crippen molar-refractivity contribution >= 4 is 27.2 Å². The molecule has 0 amide bonds. The first-order valence-electron chi connectivity index (χ1n) is 5.74. The van der Waals surface area contributed by atoms with Crippen LogP contribution >= 0.6 is 12.2 Å². The van der Waals surface area contributed by atoms with Crippen molar-refractivity contribution in [1.82, 2.24) is 9.71 Å². The molecule has 1 fully saturated rings. The number of sulfonamides is 1. The van der Waals surface area contributed by atoms with Gasteiger partial charge < -0.3 is 10.5 Å². The van der Waals surface area contributed by atoms with Crippen molar-refractivity contribution in [3.63, 3.8) is 0 Å². The molecule has 0 spiro atoms. The van der Waals surface area contributed by atoms with Crippen LogP contribution in [-0.4, -0.2) is 37.6 Å². The van der Waals surface area contributed by atoms with Crippen LogP contribution in [0.25, 0.3) is 0 Å². The third kappa shape index (κ3) is 3.08. The zero-order valence-corrected chi connectivity index (χ0v) is 12.0. The number of rotatable bonds is 5. The standard InChI is InChI=1S/C11H15N3O3S2/c1-17-8-5-7(6-8)14-19(15,16)9-3-2-4-13-10(9)11(12)18/h2-4,7-8,14H,5-6H2,1H3,(H2,12,18). The molecule has 0 atom stereocenters. The van der Waals surface area contributed by atoms with E-state index in [0.29, 0.717) is 12.8 Å². The molecule has 6 nitrogen and oxygen atoms in total. The van der Waals surface area contributed by atoms with E-state index in [4.69, 9.17) is 22.7 Å². The molecule has 8 heteroatoms. The SMILES string of the molecule is COC1CC(NS(=O)(=O)c2cccnc2C(N)=S)C1. The first kappa shape index (κ1) is 14.3. The van der Waals surface area contributed by atoms with Crippen LogP contribution in [0.5, 0.6) is 0 Å². The summed E-state index contributed by atoms with van der Waals surface area (Å²) in [6, 6.07) is 2.86. The van der Waals surface area contributed by atoms with Crippen molar-refractivity contribution in [1.29, 1.82) is 0 Å². The van der Waals surface area contributed by atoms with E-state index >= 15 is 0 Å². The van der Waals surface area contributed by atoms with Crippen LogP contribution < -0.4 is 10.5 Å². The third-order valence-electron chi connectivity index (χ3n) is 3.04. The van der Waals surface area contributed by atoms with E-state index in [9.17, 15) is 8.42 Å². The molecule has 1 aromatic rings. The van der Waals surface area contributed by atoms with E-state index in [1.54, 1.807) is 7.11 Å². The van der Waals surface area contributed by atoms with E-state index in [1.165, 1.54) is 18.3 Å². The van der Waals surface area contributed by atoms with Crippen molar-refractivity contribution in [2.24, 2.45) is 5.73 Å². The Morgan fingerprint density at radius 1 is 1.58 bits per heavy atom. The van der Waals surface area contributed by atoms with Gasteiger partial charge in [-0.05, 0) is 25.0 Å². The van der Waals surface area contributed by atoms with Crippen LogP contribution in [-0.2, 0) is 14.8 Å². The first-order chi connectivity index (χ1) is 8.94. The van der Waals surface area contributed by atoms with Gasteiger partial charge in [-0.15, -0.1) is 0 Å². The number of pyridine rings is 1.